The van der Waals surface area contributed by atoms with Gasteiger partial charge in [0.1, 0.15) is 18.2 Å². The van der Waals surface area contributed by atoms with Gasteiger partial charge in [0.15, 0.2) is 11.0 Å². The van der Waals surface area contributed by atoms with E-state index < -0.39 is 5.25 Å². The molecule has 31 heavy (non-hydrogen) atoms. The molecule has 1 atom stereocenters. The average Bonchev–Trinajstić information content (AvgIpc) is 3.08. The van der Waals surface area contributed by atoms with Gasteiger partial charge in [-0.15, -0.1) is 16.8 Å². The normalized spacial score (nSPS) is 11.7. The smallest absolute Gasteiger partial charge is 0.237 e. The maximum absolute atomic E-state index is 13.0. The van der Waals surface area contributed by atoms with E-state index in [1.54, 1.807) is 35.8 Å². The summed E-state index contributed by atoms with van der Waals surface area (Å²) < 4.78 is 20.5. The summed E-state index contributed by atoms with van der Waals surface area (Å²) in [4.78, 5) is 12.6. The Morgan fingerprint density at radius 3 is 2.58 bits per heavy atom. The summed E-state index contributed by atoms with van der Waals surface area (Å²) in [6.45, 7) is 6.09. The van der Waals surface area contributed by atoms with Crippen LogP contribution < -0.4 is 10.1 Å². The first-order chi connectivity index (χ1) is 14.9. The lowest BCUT2D eigenvalue weighted by molar-refractivity contribution is -0.115. The molecule has 10 heteroatoms. The van der Waals surface area contributed by atoms with Crippen LogP contribution in [0, 0.1) is 5.82 Å². The van der Waals surface area contributed by atoms with E-state index >= 15 is 0 Å². The zero-order valence-corrected chi connectivity index (χ0v) is 18.8. The van der Waals surface area contributed by atoms with E-state index in [1.807, 2.05) is 0 Å². The Hall–Kier alpha value is -2.55. The minimum absolute atomic E-state index is 0.134. The number of carbonyl (C=O) groups excluding carboxylic acids is 1. The number of ether oxygens (including phenoxy) is 1. The van der Waals surface area contributed by atoms with Crippen molar-refractivity contribution in [1.82, 2.24) is 14.8 Å². The molecule has 0 aliphatic rings. The topological polar surface area (TPSA) is 69.0 Å². The van der Waals surface area contributed by atoms with Crippen molar-refractivity contribution in [1.29, 1.82) is 0 Å². The molecular formula is C21H19Cl2FN4O2S. The molecule has 0 radical (unpaired) electrons. The second kappa shape index (κ2) is 10.7. The molecule has 0 saturated carbocycles. The number of allylic oxidation sites excluding steroid dienone is 1. The number of benzene rings is 2. The number of nitrogens with zero attached hydrogens (tertiary/aromatic N) is 3. The van der Waals surface area contributed by atoms with Crippen LogP contribution in [0.4, 0.5) is 10.1 Å². The zero-order chi connectivity index (χ0) is 22.4. The third-order valence-electron chi connectivity index (χ3n) is 4.07. The largest absolute Gasteiger partial charge is 0.486 e. The van der Waals surface area contributed by atoms with E-state index in [9.17, 15) is 9.18 Å². The number of hydrogen-bond acceptors (Lipinski definition) is 5. The molecule has 3 rings (SSSR count). The van der Waals surface area contributed by atoms with Crippen LogP contribution in [0.25, 0.3) is 0 Å². The fraction of sp³-hybridized carbons (Fsp3) is 0.190. The summed E-state index contributed by atoms with van der Waals surface area (Å²) in [5, 5.41) is 12.1. The maximum atomic E-state index is 13.0. The Morgan fingerprint density at radius 1 is 1.26 bits per heavy atom. The molecule has 1 N–H and O–H groups in total. The second-order valence-corrected chi connectivity index (χ2v) is 8.63. The van der Waals surface area contributed by atoms with E-state index in [4.69, 9.17) is 27.9 Å². The van der Waals surface area contributed by atoms with Crippen molar-refractivity contribution in [2.45, 2.75) is 30.5 Å². The van der Waals surface area contributed by atoms with Gasteiger partial charge in [-0.2, -0.15) is 0 Å². The fourth-order valence-corrected chi connectivity index (χ4v) is 3.99. The predicted octanol–water partition coefficient (Wildman–Crippen LogP) is 5.61. The van der Waals surface area contributed by atoms with Crippen LogP contribution in [0.5, 0.6) is 5.75 Å². The molecule has 0 aliphatic carbocycles. The van der Waals surface area contributed by atoms with Gasteiger partial charge in [-0.05, 0) is 49.4 Å². The third-order valence-corrected chi connectivity index (χ3v) is 5.59. The first-order valence-corrected chi connectivity index (χ1v) is 10.8. The zero-order valence-electron chi connectivity index (χ0n) is 16.5. The summed E-state index contributed by atoms with van der Waals surface area (Å²) in [6.07, 6.45) is 1.70. The number of aromatic nitrogens is 3. The van der Waals surface area contributed by atoms with Crippen LogP contribution >= 0.6 is 35.0 Å². The van der Waals surface area contributed by atoms with E-state index in [0.717, 1.165) is 0 Å². The van der Waals surface area contributed by atoms with Gasteiger partial charge in [0, 0.05) is 22.3 Å². The number of thioether (sulfide) groups is 1. The lowest BCUT2D eigenvalue weighted by Gasteiger charge is -2.13. The molecule has 0 spiro atoms. The number of anilines is 1. The molecule has 6 nitrogen and oxygen atoms in total. The molecule has 0 saturated heterocycles. The number of amides is 1. The molecule has 1 aromatic heterocycles. The van der Waals surface area contributed by atoms with Crippen molar-refractivity contribution in [3.63, 3.8) is 0 Å². The number of nitrogens with one attached hydrogen (secondary N) is 1. The van der Waals surface area contributed by atoms with Crippen molar-refractivity contribution >= 4 is 46.6 Å². The van der Waals surface area contributed by atoms with Crippen molar-refractivity contribution in [3.05, 3.63) is 76.8 Å². The Morgan fingerprint density at radius 2 is 1.94 bits per heavy atom. The first kappa shape index (κ1) is 23.1. The van der Waals surface area contributed by atoms with Crippen LogP contribution in [0.2, 0.25) is 10.0 Å². The van der Waals surface area contributed by atoms with E-state index in [2.05, 4.69) is 22.1 Å². The van der Waals surface area contributed by atoms with Gasteiger partial charge in [0.05, 0.1) is 5.25 Å². The molecule has 0 aliphatic heterocycles. The molecule has 1 amide bonds. The highest BCUT2D eigenvalue weighted by Crippen LogP contribution is 2.26. The van der Waals surface area contributed by atoms with Gasteiger partial charge >= 0.3 is 0 Å². The highest BCUT2D eigenvalue weighted by Gasteiger charge is 2.20. The van der Waals surface area contributed by atoms with E-state index in [1.165, 1.54) is 36.0 Å². The maximum Gasteiger partial charge on any atom is 0.237 e. The molecule has 1 heterocycles. The van der Waals surface area contributed by atoms with Crippen molar-refractivity contribution in [3.8, 4) is 5.75 Å². The third kappa shape index (κ3) is 6.46. The second-order valence-electron chi connectivity index (χ2n) is 6.45. The van der Waals surface area contributed by atoms with Crippen LogP contribution in [0.15, 0.2) is 60.3 Å². The highest BCUT2D eigenvalue weighted by molar-refractivity contribution is 8.00. The minimum Gasteiger partial charge on any atom is -0.486 e. The molecule has 2 aromatic carbocycles. The van der Waals surface area contributed by atoms with Crippen molar-refractivity contribution in [2.75, 3.05) is 5.32 Å². The quantitative estimate of drug-likeness (QED) is 0.318. The molecular weight excluding hydrogens is 462 g/mol. The summed E-state index contributed by atoms with van der Waals surface area (Å²) >= 11 is 13.2. The summed E-state index contributed by atoms with van der Waals surface area (Å²) in [5.41, 5.74) is 0.510. The molecule has 162 valence electrons. The van der Waals surface area contributed by atoms with Crippen molar-refractivity contribution < 1.29 is 13.9 Å². The Bertz CT molecular complexity index is 1060. The average molecular weight is 481 g/mol. The summed E-state index contributed by atoms with van der Waals surface area (Å²) in [7, 11) is 0. The number of halogens is 3. The van der Waals surface area contributed by atoms with E-state index in [0.29, 0.717) is 39.0 Å². The van der Waals surface area contributed by atoms with Gasteiger partial charge in [-0.3, -0.25) is 9.36 Å². The monoisotopic (exact) mass is 480 g/mol. The van der Waals surface area contributed by atoms with Crippen LogP contribution in [-0.4, -0.2) is 25.9 Å². The van der Waals surface area contributed by atoms with Crippen molar-refractivity contribution in [2.24, 2.45) is 0 Å². The number of hydrogen-bond donors (Lipinski definition) is 1. The van der Waals surface area contributed by atoms with Gasteiger partial charge in [0.2, 0.25) is 5.91 Å². The lowest BCUT2D eigenvalue weighted by atomic mass is 10.3. The standard InChI is InChI=1S/C21H19Cl2FN4O2S/c1-3-8-28-19(12-30-18-6-4-16(24)5-7-18)26-27-21(28)31-13(2)20(29)25-17-10-14(22)9-15(23)11-17/h3-7,9-11,13H,1,8,12H2,2H3,(H,25,29). The highest BCUT2D eigenvalue weighted by atomic mass is 35.5. The van der Waals surface area contributed by atoms with Gasteiger partial charge in [0.25, 0.3) is 0 Å². The van der Waals surface area contributed by atoms with Crippen LogP contribution in [-0.2, 0) is 17.9 Å². The summed E-state index contributed by atoms with van der Waals surface area (Å²) in [5.74, 6) is 0.492. The number of rotatable bonds is 9. The fourth-order valence-electron chi connectivity index (χ4n) is 2.59. The summed E-state index contributed by atoms with van der Waals surface area (Å²) in [6, 6.07) is 10.5. The molecule has 0 fully saturated rings. The SMILES string of the molecule is C=CCn1c(COc2ccc(F)cc2)nnc1SC(C)C(=O)Nc1cc(Cl)cc(Cl)c1. The number of carbonyl (C=O) groups is 1. The molecule has 3 aromatic rings. The minimum atomic E-state index is -0.476. The van der Waals surface area contributed by atoms with Gasteiger partial charge in [-0.1, -0.05) is 41.0 Å². The Labute approximate surface area is 193 Å². The predicted molar refractivity (Wildman–Crippen MR) is 121 cm³/mol. The van der Waals surface area contributed by atoms with Crippen LogP contribution in [0.3, 0.4) is 0 Å². The molecule has 1 unspecified atom stereocenters. The molecule has 0 bridgehead atoms. The Balaban J connectivity index is 1.67. The Kier molecular flexibility index (Phi) is 7.95. The lowest BCUT2D eigenvalue weighted by Crippen LogP contribution is -2.23. The van der Waals surface area contributed by atoms with Gasteiger partial charge < -0.3 is 10.1 Å². The van der Waals surface area contributed by atoms with E-state index in [-0.39, 0.29) is 18.3 Å². The van der Waals surface area contributed by atoms with Gasteiger partial charge in [-0.25, -0.2) is 4.39 Å². The first-order valence-electron chi connectivity index (χ1n) is 9.20. The van der Waals surface area contributed by atoms with Crippen LogP contribution in [0.1, 0.15) is 12.7 Å².